The molecule has 0 fully saturated rings. The number of aromatic nitrogens is 1. The highest BCUT2D eigenvalue weighted by Crippen LogP contribution is 2.20. The second-order valence-electron chi connectivity index (χ2n) is 5.18. The first kappa shape index (κ1) is 14.3. The normalized spacial score (nSPS) is 13.1. The largest absolute Gasteiger partial charge is 0.481 e. The van der Waals surface area contributed by atoms with E-state index in [0.717, 1.165) is 5.69 Å². The number of H-pyrrole nitrogens is 1. The SMILES string of the molecule is CC(CC(=O)O)C(=O)NCC(C)(C)c1ccc[nH]1. The van der Waals surface area contributed by atoms with Crippen LogP contribution in [0.15, 0.2) is 18.3 Å². The third-order valence-electron chi connectivity index (χ3n) is 2.96. The summed E-state index contributed by atoms with van der Waals surface area (Å²) in [4.78, 5) is 25.3. The Morgan fingerprint density at radius 1 is 1.50 bits per heavy atom. The first-order valence-electron chi connectivity index (χ1n) is 5.96. The molecular formula is C13H20N2O3. The lowest BCUT2D eigenvalue weighted by atomic mass is 9.89. The first-order valence-corrected chi connectivity index (χ1v) is 5.96. The minimum atomic E-state index is -0.957. The first-order chi connectivity index (χ1) is 8.33. The lowest BCUT2D eigenvalue weighted by Gasteiger charge is -2.24. The van der Waals surface area contributed by atoms with Crippen molar-refractivity contribution >= 4 is 11.9 Å². The van der Waals surface area contributed by atoms with Gasteiger partial charge in [0, 0.05) is 29.8 Å². The number of aliphatic carboxylic acids is 1. The summed E-state index contributed by atoms with van der Waals surface area (Å²) >= 11 is 0. The monoisotopic (exact) mass is 252 g/mol. The number of carboxylic acid groups (broad SMARTS) is 1. The molecule has 5 nitrogen and oxygen atoms in total. The van der Waals surface area contributed by atoms with Crippen LogP contribution in [0.1, 0.15) is 32.9 Å². The maximum Gasteiger partial charge on any atom is 0.304 e. The van der Waals surface area contributed by atoms with Gasteiger partial charge in [0.05, 0.1) is 6.42 Å². The molecule has 0 aliphatic rings. The number of carbonyl (C=O) groups is 2. The Kier molecular flexibility index (Phi) is 4.53. The second kappa shape index (κ2) is 5.71. The molecular weight excluding hydrogens is 232 g/mol. The summed E-state index contributed by atoms with van der Waals surface area (Å²) in [6.07, 6.45) is 1.70. The molecule has 1 amide bonds. The van der Waals surface area contributed by atoms with E-state index < -0.39 is 11.9 Å². The van der Waals surface area contributed by atoms with Crippen molar-refractivity contribution in [2.75, 3.05) is 6.54 Å². The molecule has 18 heavy (non-hydrogen) atoms. The van der Waals surface area contributed by atoms with E-state index in [9.17, 15) is 9.59 Å². The van der Waals surface area contributed by atoms with Gasteiger partial charge in [-0.1, -0.05) is 20.8 Å². The third kappa shape index (κ3) is 3.91. The number of hydrogen-bond donors (Lipinski definition) is 3. The molecule has 0 saturated heterocycles. The van der Waals surface area contributed by atoms with Gasteiger partial charge < -0.3 is 15.4 Å². The number of carboxylic acids is 1. The summed E-state index contributed by atoms with van der Waals surface area (Å²) in [7, 11) is 0. The smallest absolute Gasteiger partial charge is 0.304 e. The van der Waals surface area contributed by atoms with E-state index in [0.29, 0.717) is 6.54 Å². The fourth-order valence-electron chi connectivity index (χ4n) is 1.68. The molecule has 1 atom stereocenters. The van der Waals surface area contributed by atoms with E-state index in [-0.39, 0.29) is 17.7 Å². The van der Waals surface area contributed by atoms with E-state index in [1.807, 2.05) is 32.2 Å². The van der Waals surface area contributed by atoms with Gasteiger partial charge in [0.2, 0.25) is 5.91 Å². The molecule has 0 aliphatic carbocycles. The summed E-state index contributed by atoms with van der Waals surface area (Å²) in [6.45, 7) is 6.11. The summed E-state index contributed by atoms with van der Waals surface area (Å²) < 4.78 is 0. The average Bonchev–Trinajstić information content (AvgIpc) is 2.78. The maximum absolute atomic E-state index is 11.7. The van der Waals surface area contributed by atoms with Crippen LogP contribution in [0.5, 0.6) is 0 Å². The molecule has 0 bridgehead atoms. The van der Waals surface area contributed by atoms with Crippen LogP contribution in [-0.4, -0.2) is 28.5 Å². The van der Waals surface area contributed by atoms with E-state index in [1.54, 1.807) is 6.92 Å². The van der Waals surface area contributed by atoms with Gasteiger partial charge in [-0.05, 0) is 12.1 Å². The van der Waals surface area contributed by atoms with Crippen molar-refractivity contribution in [2.24, 2.45) is 5.92 Å². The summed E-state index contributed by atoms with van der Waals surface area (Å²) in [5.74, 6) is -1.69. The van der Waals surface area contributed by atoms with Crippen LogP contribution in [-0.2, 0) is 15.0 Å². The Balaban J connectivity index is 2.50. The predicted octanol–water partition coefficient (Wildman–Crippen LogP) is 1.52. The number of carbonyl (C=O) groups excluding carboxylic acids is 1. The highest BCUT2D eigenvalue weighted by Gasteiger charge is 2.24. The van der Waals surface area contributed by atoms with Crippen molar-refractivity contribution in [3.63, 3.8) is 0 Å². The number of nitrogens with one attached hydrogen (secondary N) is 2. The minimum Gasteiger partial charge on any atom is -0.481 e. The van der Waals surface area contributed by atoms with Gasteiger partial charge in [0.1, 0.15) is 0 Å². The Labute approximate surface area is 107 Å². The van der Waals surface area contributed by atoms with Gasteiger partial charge in [-0.15, -0.1) is 0 Å². The third-order valence-corrected chi connectivity index (χ3v) is 2.96. The quantitative estimate of drug-likeness (QED) is 0.718. The average molecular weight is 252 g/mol. The van der Waals surface area contributed by atoms with E-state index in [4.69, 9.17) is 5.11 Å². The van der Waals surface area contributed by atoms with E-state index >= 15 is 0 Å². The van der Waals surface area contributed by atoms with Crippen LogP contribution >= 0.6 is 0 Å². The molecule has 0 spiro atoms. The molecule has 1 aromatic heterocycles. The van der Waals surface area contributed by atoms with Crippen molar-refractivity contribution in [3.8, 4) is 0 Å². The number of hydrogen-bond acceptors (Lipinski definition) is 2. The van der Waals surface area contributed by atoms with Gasteiger partial charge in [-0.2, -0.15) is 0 Å². The summed E-state index contributed by atoms with van der Waals surface area (Å²) in [6, 6.07) is 3.87. The van der Waals surface area contributed by atoms with Crippen LogP contribution in [0.4, 0.5) is 0 Å². The van der Waals surface area contributed by atoms with Gasteiger partial charge >= 0.3 is 5.97 Å². The Bertz CT molecular complexity index is 410. The van der Waals surface area contributed by atoms with Gasteiger partial charge in [0.25, 0.3) is 0 Å². The fraction of sp³-hybridized carbons (Fsp3) is 0.538. The van der Waals surface area contributed by atoms with Crippen LogP contribution in [0, 0.1) is 5.92 Å². The molecule has 0 radical (unpaired) electrons. The molecule has 3 N–H and O–H groups in total. The Morgan fingerprint density at radius 2 is 2.17 bits per heavy atom. The molecule has 1 unspecified atom stereocenters. The van der Waals surface area contributed by atoms with Crippen LogP contribution in [0.3, 0.4) is 0 Å². The number of amides is 1. The fourth-order valence-corrected chi connectivity index (χ4v) is 1.68. The molecule has 5 heteroatoms. The minimum absolute atomic E-state index is 0.144. The van der Waals surface area contributed by atoms with Gasteiger partial charge in [-0.25, -0.2) is 0 Å². The Morgan fingerprint density at radius 3 is 2.67 bits per heavy atom. The number of rotatable bonds is 6. The summed E-state index contributed by atoms with van der Waals surface area (Å²) in [5, 5.41) is 11.4. The molecule has 1 aromatic rings. The highest BCUT2D eigenvalue weighted by molar-refractivity contribution is 5.82. The topological polar surface area (TPSA) is 82.2 Å². The van der Waals surface area contributed by atoms with Crippen LogP contribution in [0.2, 0.25) is 0 Å². The lowest BCUT2D eigenvalue weighted by Crippen LogP contribution is -2.39. The molecule has 0 aromatic carbocycles. The standard InChI is InChI=1S/C13H20N2O3/c1-9(7-11(16)17)12(18)15-8-13(2,3)10-5-4-6-14-10/h4-6,9,14H,7-8H2,1-3H3,(H,15,18)(H,16,17). The number of aromatic amines is 1. The lowest BCUT2D eigenvalue weighted by molar-refractivity contribution is -0.140. The summed E-state index contributed by atoms with van der Waals surface area (Å²) in [5.41, 5.74) is 0.830. The van der Waals surface area contributed by atoms with E-state index in [1.165, 1.54) is 0 Å². The van der Waals surface area contributed by atoms with Crippen LogP contribution < -0.4 is 5.32 Å². The van der Waals surface area contributed by atoms with Crippen LogP contribution in [0.25, 0.3) is 0 Å². The molecule has 1 rings (SSSR count). The molecule has 1 heterocycles. The maximum atomic E-state index is 11.7. The molecule has 0 aliphatic heterocycles. The Hall–Kier alpha value is -1.78. The zero-order valence-electron chi connectivity index (χ0n) is 11.0. The van der Waals surface area contributed by atoms with Crippen molar-refractivity contribution in [3.05, 3.63) is 24.0 Å². The second-order valence-corrected chi connectivity index (χ2v) is 5.18. The van der Waals surface area contributed by atoms with Gasteiger partial charge in [-0.3, -0.25) is 9.59 Å². The van der Waals surface area contributed by atoms with Crippen molar-refractivity contribution < 1.29 is 14.7 Å². The zero-order chi connectivity index (χ0) is 13.8. The van der Waals surface area contributed by atoms with Crippen molar-refractivity contribution in [1.29, 1.82) is 0 Å². The highest BCUT2D eigenvalue weighted by atomic mass is 16.4. The van der Waals surface area contributed by atoms with Crippen molar-refractivity contribution in [1.82, 2.24) is 10.3 Å². The van der Waals surface area contributed by atoms with Crippen molar-refractivity contribution in [2.45, 2.75) is 32.6 Å². The zero-order valence-corrected chi connectivity index (χ0v) is 11.0. The van der Waals surface area contributed by atoms with E-state index in [2.05, 4.69) is 10.3 Å². The molecule has 0 saturated carbocycles. The van der Waals surface area contributed by atoms with Gasteiger partial charge in [0.15, 0.2) is 0 Å². The predicted molar refractivity (Wildman–Crippen MR) is 68.2 cm³/mol. The molecule has 100 valence electrons.